The maximum Gasteiger partial charge on any atom is 0.130 e. The second-order valence-corrected chi connectivity index (χ2v) is 3.74. The van der Waals surface area contributed by atoms with Gasteiger partial charge in [-0.1, -0.05) is 34.8 Å². The summed E-state index contributed by atoms with van der Waals surface area (Å²) in [7, 11) is 0. The Labute approximate surface area is 91.8 Å². The summed E-state index contributed by atoms with van der Waals surface area (Å²) in [6.07, 6.45) is 5.31. The standard InChI is InChI=1S/C11H11BrFN/c1-3-11(14-4-2)9-6-5-8(12)7-10(9)13/h1,5-7,11,14H,4H2,2H3. The van der Waals surface area contributed by atoms with Gasteiger partial charge in [0.25, 0.3) is 0 Å². The van der Waals surface area contributed by atoms with E-state index >= 15 is 0 Å². The van der Waals surface area contributed by atoms with Gasteiger partial charge in [0.15, 0.2) is 0 Å². The lowest BCUT2D eigenvalue weighted by atomic mass is 10.1. The molecule has 0 aliphatic rings. The summed E-state index contributed by atoms with van der Waals surface area (Å²) in [4.78, 5) is 0. The third-order valence-electron chi connectivity index (χ3n) is 1.85. The first kappa shape index (κ1) is 11.2. The van der Waals surface area contributed by atoms with Crippen molar-refractivity contribution in [2.45, 2.75) is 13.0 Å². The van der Waals surface area contributed by atoms with Gasteiger partial charge in [0.2, 0.25) is 0 Å². The van der Waals surface area contributed by atoms with Gasteiger partial charge in [-0.2, -0.15) is 0 Å². The summed E-state index contributed by atoms with van der Waals surface area (Å²) in [5.74, 6) is 2.22. The molecular weight excluding hydrogens is 245 g/mol. The fourth-order valence-corrected chi connectivity index (χ4v) is 1.53. The third kappa shape index (κ3) is 2.57. The van der Waals surface area contributed by atoms with Crippen LogP contribution in [0.1, 0.15) is 18.5 Å². The van der Waals surface area contributed by atoms with Crippen LogP contribution in [0.25, 0.3) is 0 Å². The minimum absolute atomic E-state index is 0.289. The van der Waals surface area contributed by atoms with Gasteiger partial charge in [-0.25, -0.2) is 4.39 Å². The van der Waals surface area contributed by atoms with E-state index in [-0.39, 0.29) is 11.9 Å². The summed E-state index contributed by atoms with van der Waals surface area (Å²) >= 11 is 3.19. The zero-order chi connectivity index (χ0) is 10.6. The number of nitrogens with one attached hydrogen (secondary N) is 1. The molecule has 1 rings (SSSR count). The lowest BCUT2D eigenvalue weighted by molar-refractivity contribution is 0.573. The first-order valence-corrected chi connectivity index (χ1v) is 5.12. The molecule has 0 saturated carbocycles. The summed E-state index contributed by atoms with van der Waals surface area (Å²) in [6, 6.07) is 4.53. The van der Waals surface area contributed by atoms with Gasteiger partial charge in [0.1, 0.15) is 5.82 Å². The molecule has 0 amide bonds. The fraction of sp³-hybridized carbons (Fsp3) is 0.273. The van der Waals surface area contributed by atoms with Gasteiger partial charge in [0.05, 0.1) is 6.04 Å². The molecule has 1 unspecified atom stereocenters. The van der Waals surface area contributed by atoms with Crippen LogP contribution in [0.4, 0.5) is 4.39 Å². The van der Waals surface area contributed by atoms with Crippen LogP contribution in [0.5, 0.6) is 0 Å². The topological polar surface area (TPSA) is 12.0 Å². The Kier molecular flexibility index (Phi) is 4.12. The van der Waals surface area contributed by atoms with Gasteiger partial charge in [-0.15, -0.1) is 6.42 Å². The molecule has 1 N–H and O–H groups in total. The van der Waals surface area contributed by atoms with E-state index in [1.807, 2.05) is 6.92 Å². The van der Waals surface area contributed by atoms with Crippen LogP contribution >= 0.6 is 15.9 Å². The molecule has 0 saturated heterocycles. The van der Waals surface area contributed by atoms with Crippen molar-refractivity contribution in [3.05, 3.63) is 34.1 Å². The third-order valence-corrected chi connectivity index (χ3v) is 2.34. The molecule has 0 bridgehead atoms. The van der Waals surface area contributed by atoms with E-state index < -0.39 is 0 Å². The van der Waals surface area contributed by atoms with E-state index in [1.54, 1.807) is 12.1 Å². The number of terminal acetylenes is 1. The normalized spacial score (nSPS) is 12.1. The van der Waals surface area contributed by atoms with Gasteiger partial charge < -0.3 is 5.32 Å². The quantitative estimate of drug-likeness (QED) is 0.820. The van der Waals surface area contributed by atoms with Gasteiger partial charge in [0, 0.05) is 10.0 Å². The smallest absolute Gasteiger partial charge is 0.130 e. The Hall–Kier alpha value is -0.850. The molecule has 0 aliphatic heterocycles. The zero-order valence-electron chi connectivity index (χ0n) is 7.85. The van der Waals surface area contributed by atoms with Crippen molar-refractivity contribution in [1.82, 2.24) is 5.32 Å². The monoisotopic (exact) mass is 255 g/mol. The number of rotatable bonds is 3. The highest BCUT2D eigenvalue weighted by Crippen LogP contribution is 2.20. The molecule has 0 heterocycles. The van der Waals surface area contributed by atoms with Gasteiger partial charge >= 0.3 is 0 Å². The molecule has 1 atom stereocenters. The molecule has 0 aliphatic carbocycles. The average molecular weight is 256 g/mol. The van der Waals surface area contributed by atoms with Gasteiger partial charge in [-0.3, -0.25) is 0 Å². The Bertz CT molecular complexity index is 357. The second-order valence-electron chi connectivity index (χ2n) is 2.82. The van der Waals surface area contributed by atoms with Crippen molar-refractivity contribution in [3.8, 4) is 12.3 Å². The molecule has 0 aromatic heterocycles. The summed E-state index contributed by atoms with van der Waals surface area (Å²) in [6.45, 7) is 2.64. The predicted molar refractivity (Wildman–Crippen MR) is 59.4 cm³/mol. The molecule has 3 heteroatoms. The van der Waals surface area contributed by atoms with Crippen molar-refractivity contribution < 1.29 is 4.39 Å². The molecule has 0 spiro atoms. The molecule has 1 aromatic carbocycles. The van der Waals surface area contributed by atoms with Crippen molar-refractivity contribution in [3.63, 3.8) is 0 Å². The summed E-state index contributed by atoms with van der Waals surface area (Å²) < 4.78 is 14.2. The van der Waals surface area contributed by atoms with Crippen LogP contribution in [0.2, 0.25) is 0 Å². The second kappa shape index (κ2) is 5.14. The van der Waals surface area contributed by atoms with Crippen LogP contribution in [-0.4, -0.2) is 6.54 Å². The maximum absolute atomic E-state index is 13.4. The molecule has 0 fully saturated rings. The molecule has 0 radical (unpaired) electrons. The summed E-state index contributed by atoms with van der Waals surface area (Å²) in [5, 5.41) is 3.02. The number of benzene rings is 1. The molecule has 74 valence electrons. The van der Waals surface area contributed by atoms with Crippen LogP contribution in [-0.2, 0) is 0 Å². The van der Waals surface area contributed by atoms with E-state index in [0.29, 0.717) is 16.6 Å². The lowest BCUT2D eigenvalue weighted by Crippen LogP contribution is -2.20. The molecule has 14 heavy (non-hydrogen) atoms. The fourth-order valence-electron chi connectivity index (χ4n) is 1.20. The number of hydrogen-bond acceptors (Lipinski definition) is 1. The van der Waals surface area contributed by atoms with Gasteiger partial charge in [-0.05, 0) is 18.7 Å². The van der Waals surface area contributed by atoms with Crippen LogP contribution in [0.3, 0.4) is 0 Å². The largest absolute Gasteiger partial charge is 0.300 e. The number of halogens is 2. The van der Waals surface area contributed by atoms with Crippen molar-refractivity contribution in [2.75, 3.05) is 6.54 Å². The maximum atomic E-state index is 13.4. The SMILES string of the molecule is C#CC(NCC)c1ccc(Br)cc1F. The lowest BCUT2D eigenvalue weighted by Gasteiger charge is -2.12. The first-order chi connectivity index (χ1) is 6.69. The minimum Gasteiger partial charge on any atom is -0.300 e. The van der Waals surface area contributed by atoms with E-state index in [9.17, 15) is 4.39 Å². The van der Waals surface area contributed by atoms with Crippen molar-refractivity contribution in [2.24, 2.45) is 0 Å². The Morgan fingerprint density at radius 1 is 1.64 bits per heavy atom. The molecule has 1 nitrogen and oxygen atoms in total. The zero-order valence-corrected chi connectivity index (χ0v) is 9.44. The highest BCUT2D eigenvalue weighted by Gasteiger charge is 2.11. The highest BCUT2D eigenvalue weighted by atomic mass is 79.9. The summed E-state index contributed by atoms with van der Waals surface area (Å²) in [5.41, 5.74) is 0.512. The molecular formula is C11H11BrFN. The van der Waals surface area contributed by atoms with Crippen LogP contribution in [0.15, 0.2) is 22.7 Å². The van der Waals surface area contributed by atoms with E-state index in [0.717, 1.165) is 0 Å². The first-order valence-electron chi connectivity index (χ1n) is 4.33. The minimum atomic E-state index is -0.354. The molecule has 1 aromatic rings. The Morgan fingerprint density at radius 2 is 2.36 bits per heavy atom. The van der Waals surface area contributed by atoms with Crippen molar-refractivity contribution >= 4 is 15.9 Å². The highest BCUT2D eigenvalue weighted by molar-refractivity contribution is 9.10. The number of hydrogen-bond donors (Lipinski definition) is 1. The van der Waals surface area contributed by atoms with Crippen LogP contribution in [0, 0.1) is 18.2 Å². The van der Waals surface area contributed by atoms with Crippen LogP contribution < -0.4 is 5.32 Å². The Morgan fingerprint density at radius 3 is 2.86 bits per heavy atom. The predicted octanol–water partition coefficient (Wildman–Crippen LogP) is 2.87. The Balaban J connectivity index is 3.00. The van der Waals surface area contributed by atoms with Crippen molar-refractivity contribution in [1.29, 1.82) is 0 Å². The van der Waals surface area contributed by atoms with E-state index in [2.05, 4.69) is 27.2 Å². The average Bonchev–Trinajstić information content (AvgIpc) is 2.15. The van der Waals surface area contributed by atoms with E-state index in [1.165, 1.54) is 6.07 Å². The van der Waals surface area contributed by atoms with E-state index in [4.69, 9.17) is 6.42 Å².